The van der Waals surface area contributed by atoms with E-state index in [1.165, 1.54) is 6.07 Å². The van der Waals surface area contributed by atoms with E-state index in [2.05, 4.69) is 41.2 Å². The fourth-order valence-corrected chi connectivity index (χ4v) is 1.95. The van der Waals surface area contributed by atoms with Crippen LogP contribution in [0.1, 0.15) is 0 Å². The highest BCUT2D eigenvalue weighted by Crippen LogP contribution is 2.33. The van der Waals surface area contributed by atoms with Crippen molar-refractivity contribution < 1.29 is 9.55 Å². The topological polar surface area (TPSA) is 107 Å². The van der Waals surface area contributed by atoms with Crippen LogP contribution in [0.2, 0.25) is 0 Å². The Morgan fingerprint density at radius 3 is 2.80 bits per heavy atom. The summed E-state index contributed by atoms with van der Waals surface area (Å²) in [6.07, 6.45) is 1.59. The Balaban J connectivity index is 2.08. The maximum absolute atomic E-state index is 11.2. The van der Waals surface area contributed by atoms with Crippen LogP contribution in [-0.4, -0.2) is 20.2 Å². The standard InChI is InChI=1S/C11H6BrN5O3/c12-6-1-4-9(13-5-6)14-8-3-2-7-10(16-20-15-7)11(8)17(18)19/h1-5H,(H,13,14). The predicted molar refractivity (Wildman–Crippen MR) is 73.7 cm³/mol. The minimum Gasteiger partial charge on any atom is -0.335 e. The van der Waals surface area contributed by atoms with E-state index in [0.29, 0.717) is 11.3 Å². The van der Waals surface area contributed by atoms with Gasteiger partial charge in [0.05, 0.1) is 4.92 Å². The number of nitrogens with one attached hydrogen (secondary N) is 1. The van der Waals surface area contributed by atoms with E-state index >= 15 is 0 Å². The van der Waals surface area contributed by atoms with Gasteiger partial charge < -0.3 is 5.32 Å². The highest BCUT2D eigenvalue weighted by Gasteiger charge is 2.22. The van der Waals surface area contributed by atoms with Gasteiger partial charge in [-0.25, -0.2) is 9.61 Å². The maximum Gasteiger partial charge on any atom is 0.323 e. The third-order valence-electron chi connectivity index (χ3n) is 2.57. The summed E-state index contributed by atoms with van der Waals surface area (Å²) in [5.74, 6) is 0.479. The van der Waals surface area contributed by atoms with Crippen molar-refractivity contribution in [2.75, 3.05) is 5.32 Å². The zero-order chi connectivity index (χ0) is 14.1. The zero-order valence-electron chi connectivity index (χ0n) is 9.78. The van der Waals surface area contributed by atoms with Gasteiger partial charge in [0.2, 0.25) is 5.52 Å². The summed E-state index contributed by atoms with van der Waals surface area (Å²) >= 11 is 3.27. The second-order valence-electron chi connectivity index (χ2n) is 3.84. The molecule has 0 saturated heterocycles. The second-order valence-corrected chi connectivity index (χ2v) is 4.75. The van der Waals surface area contributed by atoms with Crippen molar-refractivity contribution in [1.29, 1.82) is 0 Å². The molecule has 0 aliphatic rings. The van der Waals surface area contributed by atoms with Gasteiger partial charge in [0.15, 0.2) is 0 Å². The first-order valence-corrected chi connectivity index (χ1v) is 6.22. The van der Waals surface area contributed by atoms with Crippen LogP contribution < -0.4 is 5.32 Å². The Bertz CT molecular complexity index is 786. The molecule has 9 heteroatoms. The zero-order valence-corrected chi connectivity index (χ0v) is 11.4. The van der Waals surface area contributed by atoms with Gasteiger partial charge in [-0.05, 0) is 50.5 Å². The molecular formula is C11H6BrN5O3. The molecule has 3 rings (SSSR count). The number of halogens is 1. The van der Waals surface area contributed by atoms with Crippen LogP contribution in [0, 0.1) is 10.1 Å². The number of hydrogen-bond donors (Lipinski definition) is 1. The van der Waals surface area contributed by atoms with E-state index in [-0.39, 0.29) is 16.9 Å². The first-order chi connectivity index (χ1) is 9.65. The molecule has 2 heterocycles. The summed E-state index contributed by atoms with van der Waals surface area (Å²) in [5.41, 5.74) is 0.490. The van der Waals surface area contributed by atoms with Crippen LogP contribution in [0.3, 0.4) is 0 Å². The van der Waals surface area contributed by atoms with E-state index in [9.17, 15) is 10.1 Å². The molecule has 1 N–H and O–H groups in total. The number of anilines is 2. The lowest BCUT2D eigenvalue weighted by atomic mass is 10.2. The summed E-state index contributed by atoms with van der Waals surface area (Å²) in [6.45, 7) is 0. The van der Waals surface area contributed by atoms with Crippen molar-refractivity contribution in [3.63, 3.8) is 0 Å². The van der Waals surface area contributed by atoms with Gasteiger partial charge in [0.25, 0.3) is 0 Å². The van der Waals surface area contributed by atoms with Crippen molar-refractivity contribution in [1.82, 2.24) is 15.3 Å². The van der Waals surface area contributed by atoms with Crippen LogP contribution in [0.15, 0.2) is 39.6 Å². The van der Waals surface area contributed by atoms with Gasteiger partial charge in [0.1, 0.15) is 17.0 Å². The second kappa shape index (κ2) is 4.85. The number of pyridine rings is 1. The van der Waals surface area contributed by atoms with Crippen molar-refractivity contribution >= 4 is 44.2 Å². The van der Waals surface area contributed by atoms with Crippen molar-refractivity contribution in [3.05, 3.63) is 45.0 Å². The monoisotopic (exact) mass is 335 g/mol. The molecule has 1 aromatic carbocycles. The van der Waals surface area contributed by atoms with Gasteiger partial charge in [-0.1, -0.05) is 0 Å². The average Bonchev–Trinajstić information content (AvgIpc) is 2.89. The molecule has 0 aliphatic carbocycles. The largest absolute Gasteiger partial charge is 0.335 e. The fourth-order valence-electron chi connectivity index (χ4n) is 1.71. The maximum atomic E-state index is 11.2. The Hall–Kier alpha value is -2.55. The smallest absolute Gasteiger partial charge is 0.323 e. The highest BCUT2D eigenvalue weighted by atomic mass is 79.9. The number of hydrogen-bond acceptors (Lipinski definition) is 7. The molecule has 8 nitrogen and oxygen atoms in total. The Labute approximate surface area is 120 Å². The molecule has 0 unspecified atom stereocenters. The summed E-state index contributed by atoms with van der Waals surface area (Å²) in [6, 6.07) is 6.59. The minimum absolute atomic E-state index is 0.0945. The predicted octanol–water partition coefficient (Wildman–Crippen LogP) is 3.03. The number of fused-ring (bicyclic) bond motifs is 1. The number of nitro groups is 1. The number of nitro benzene ring substituents is 1. The van der Waals surface area contributed by atoms with Crippen LogP contribution in [-0.2, 0) is 0 Å². The Kier molecular flexibility index (Phi) is 3.03. The lowest BCUT2D eigenvalue weighted by Gasteiger charge is -2.05. The number of aromatic nitrogens is 3. The molecule has 0 atom stereocenters. The van der Waals surface area contributed by atoms with Gasteiger partial charge >= 0.3 is 5.69 Å². The molecule has 0 bridgehead atoms. The summed E-state index contributed by atoms with van der Waals surface area (Å²) in [7, 11) is 0. The summed E-state index contributed by atoms with van der Waals surface area (Å²) in [4.78, 5) is 14.8. The molecule has 0 fully saturated rings. The first kappa shape index (κ1) is 12.5. The molecule has 20 heavy (non-hydrogen) atoms. The fraction of sp³-hybridized carbons (Fsp3) is 0. The highest BCUT2D eigenvalue weighted by molar-refractivity contribution is 9.10. The van der Waals surface area contributed by atoms with E-state index in [4.69, 9.17) is 0 Å². The summed E-state index contributed by atoms with van der Waals surface area (Å²) in [5, 5.41) is 21.2. The third-order valence-corrected chi connectivity index (χ3v) is 3.04. The minimum atomic E-state index is -0.534. The third kappa shape index (κ3) is 2.18. The van der Waals surface area contributed by atoms with Crippen molar-refractivity contribution in [2.45, 2.75) is 0 Å². The number of nitrogens with zero attached hydrogens (tertiary/aromatic N) is 4. The van der Waals surface area contributed by atoms with Crippen LogP contribution in [0.5, 0.6) is 0 Å². The molecule has 0 aliphatic heterocycles. The van der Waals surface area contributed by atoms with Crippen LogP contribution in [0.4, 0.5) is 17.2 Å². The Morgan fingerprint density at radius 1 is 1.25 bits per heavy atom. The van der Waals surface area contributed by atoms with Gasteiger partial charge in [-0.2, -0.15) is 0 Å². The molecule has 3 aromatic rings. The molecular weight excluding hydrogens is 330 g/mol. The molecule has 0 amide bonds. The number of benzene rings is 1. The molecule has 0 saturated carbocycles. The van der Waals surface area contributed by atoms with E-state index in [1.807, 2.05) is 0 Å². The quantitative estimate of drug-likeness (QED) is 0.578. The lowest BCUT2D eigenvalue weighted by molar-refractivity contribution is -0.382. The Morgan fingerprint density at radius 2 is 2.10 bits per heavy atom. The van der Waals surface area contributed by atoms with Gasteiger partial charge in [0, 0.05) is 10.7 Å². The lowest BCUT2D eigenvalue weighted by Crippen LogP contribution is -1.99. The average molecular weight is 336 g/mol. The normalized spacial score (nSPS) is 10.7. The van der Waals surface area contributed by atoms with Crippen molar-refractivity contribution in [3.8, 4) is 0 Å². The van der Waals surface area contributed by atoms with Gasteiger partial charge in [-0.15, -0.1) is 0 Å². The van der Waals surface area contributed by atoms with Crippen LogP contribution >= 0.6 is 15.9 Å². The SMILES string of the molecule is O=[N+]([O-])c1c(Nc2ccc(Br)cn2)ccc2nonc12. The van der Waals surface area contributed by atoms with E-state index in [1.54, 1.807) is 24.4 Å². The van der Waals surface area contributed by atoms with Crippen molar-refractivity contribution in [2.24, 2.45) is 0 Å². The molecule has 0 spiro atoms. The first-order valence-electron chi connectivity index (χ1n) is 5.43. The van der Waals surface area contributed by atoms with Gasteiger partial charge in [-0.3, -0.25) is 10.1 Å². The van der Waals surface area contributed by atoms with Crippen LogP contribution in [0.25, 0.3) is 11.0 Å². The van der Waals surface area contributed by atoms with E-state index < -0.39 is 4.92 Å². The molecule has 100 valence electrons. The summed E-state index contributed by atoms with van der Waals surface area (Å²) < 4.78 is 5.34. The van der Waals surface area contributed by atoms with E-state index in [0.717, 1.165) is 4.47 Å². The number of rotatable bonds is 3. The molecule has 0 radical (unpaired) electrons. The molecule has 2 aromatic heterocycles.